The summed E-state index contributed by atoms with van der Waals surface area (Å²) < 4.78 is 9.10. The van der Waals surface area contributed by atoms with Crippen LogP contribution in [0.25, 0.3) is 0 Å². The first-order valence-corrected chi connectivity index (χ1v) is 8.00. The fourth-order valence-corrected chi connectivity index (χ4v) is 2.33. The van der Waals surface area contributed by atoms with E-state index in [1.165, 1.54) is 7.11 Å². The van der Waals surface area contributed by atoms with Crippen molar-refractivity contribution in [3.63, 3.8) is 0 Å². The first-order chi connectivity index (χ1) is 11.5. The fourth-order valence-electron chi connectivity index (χ4n) is 2.33. The van der Waals surface area contributed by atoms with Gasteiger partial charge in [-0.15, -0.1) is 0 Å². The molecule has 0 saturated heterocycles. The Morgan fingerprint density at radius 2 is 1.67 bits per heavy atom. The SMILES string of the molecule is COC(=O)/C=C/C(=O)OCCNC(=O)CNC(=O)C1CCCCC1. The first kappa shape index (κ1) is 19.7. The summed E-state index contributed by atoms with van der Waals surface area (Å²) in [6, 6.07) is 0. The van der Waals surface area contributed by atoms with Crippen LogP contribution in [-0.2, 0) is 28.7 Å². The minimum atomic E-state index is -0.708. The van der Waals surface area contributed by atoms with E-state index in [9.17, 15) is 19.2 Å². The van der Waals surface area contributed by atoms with Gasteiger partial charge in [-0.25, -0.2) is 9.59 Å². The van der Waals surface area contributed by atoms with E-state index >= 15 is 0 Å². The third-order valence-corrected chi connectivity index (χ3v) is 3.62. The monoisotopic (exact) mass is 340 g/mol. The number of esters is 2. The first-order valence-electron chi connectivity index (χ1n) is 8.00. The maximum Gasteiger partial charge on any atom is 0.331 e. The lowest BCUT2D eigenvalue weighted by Gasteiger charge is -2.20. The van der Waals surface area contributed by atoms with Crippen molar-refractivity contribution in [2.24, 2.45) is 5.92 Å². The van der Waals surface area contributed by atoms with E-state index < -0.39 is 11.9 Å². The number of ether oxygens (including phenoxy) is 2. The standard InChI is InChI=1S/C16H24N2O6/c1-23-14(20)7-8-15(21)24-10-9-17-13(19)11-18-16(22)12-5-3-2-4-6-12/h7-8,12H,2-6,9-11H2,1H3,(H,17,19)(H,18,22)/b8-7+. The molecular formula is C16H24N2O6. The van der Waals surface area contributed by atoms with Gasteiger partial charge in [-0.3, -0.25) is 9.59 Å². The molecule has 0 aromatic heterocycles. The highest BCUT2D eigenvalue weighted by Gasteiger charge is 2.21. The Balaban J connectivity index is 2.09. The Hall–Kier alpha value is -2.38. The van der Waals surface area contributed by atoms with E-state index in [4.69, 9.17) is 4.74 Å². The van der Waals surface area contributed by atoms with Crippen molar-refractivity contribution in [2.45, 2.75) is 32.1 Å². The van der Waals surface area contributed by atoms with Crippen molar-refractivity contribution in [3.8, 4) is 0 Å². The number of methoxy groups -OCH3 is 1. The summed E-state index contributed by atoms with van der Waals surface area (Å²) in [5.41, 5.74) is 0. The molecule has 0 bridgehead atoms. The van der Waals surface area contributed by atoms with Crippen molar-refractivity contribution < 1.29 is 28.7 Å². The smallest absolute Gasteiger partial charge is 0.331 e. The Bertz CT molecular complexity index is 483. The lowest BCUT2D eigenvalue weighted by Crippen LogP contribution is -2.41. The second kappa shape index (κ2) is 11.2. The zero-order chi connectivity index (χ0) is 17.8. The highest BCUT2D eigenvalue weighted by atomic mass is 16.5. The van der Waals surface area contributed by atoms with Crippen LogP contribution in [0.15, 0.2) is 12.2 Å². The maximum absolute atomic E-state index is 11.9. The zero-order valence-electron chi connectivity index (χ0n) is 13.8. The number of hydrogen-bond acceptors (Lipinski definition) is 6. The van der Waals surface area contributed by atoms with E-state index in [1.807, 2.05) is 0 Å². The van der Waals surface area contributed by atoms with Crippen LogP contribution in [-0.4, -0.2) is 50.6 Å². The second-order valence-corrected chi connectivity index (χ2v) is 5.43. The van der Waals surface area contributed by atoms with E-state index in [-0.39, 0.29) is 37.4 Å². The highest BCUT2D eigenvalue weighted by molar-refractivity contribution is 5.91. The molecule has 8 heteroatoms. The molecule has 0 heterocycles. The van der Waals surface area contributed by atoms with Crippen LogP contribution in [0.5, 0.6) is 0 Å². The molecule has 2 N–H and O–H groups in total. The van der Waals surface area contributed by atoms with Crippen LogP contribution in [0.1, 0.15) is 32.1 Å². The molecule has 0 aromatic rings. The number of carbonyl (C=O) groups is 4. The summed E-state index contributed by atoms with van der Waals surface area (Å²) in [5, 5.41) is 5.15. The minimum Gasteiger partial charge on any atom is -0.466 e. The van der Waals surface area contributed by atoms with Crippen molar-refractivity contribution in [3.05, 3.63) is 12.2 Å². The van der Waals surface area contributed by atoms with Gasteiger partial charge in [-0.2, -0.15) is 0 Å². The van der Waals surface area contributed by atoms with Gasteiger partial charge in [0.15, 0.2) is 0 Å². The quantitative estimate of drug-likeness (QED) is 0.367. The van der Waals surface area contributed by atoms with Gasteiger partial charge in [0.25, 0.3) is 0 Å². The van der Waals surface area contributed by atoms with Gasteiger partial charge >= 0.3 is 11.9 Å². The summed E-state index contributed by atoms with van der Waals surface area (Å²) >= 11 is 0. The van der Waals surface area contributed by atoms with Gasteiger partial charge in [0.2, 0.25) is 11.8 Å². The van der Waals surface area contributed by atoms with E-state index in [1.54, 1.807) is 0 Å². The summed E-state index contributed by atoms with van der Waals surface area (Å²) in [7, 11) is 1.20. The van der Waals surface area contributed by atoms with Gasteiger partial charge in [0, 0.05) is 18.1 Å². The molecule has 0 unspecified atom stereocenters. The molecule has 1 aliphatic rings. The molecule has 0 aliphatic heterocycles. The molecule has 1 aliphatic carbocycles. The van der Waals surface area contributed by atoms with Crippen molar-refractivity contribution in [2.75, 3.05) is 26.8 Å². The Morgan fingerprint density at radius 3 is 2.33 bits per heavy atom. The Labute approximate surface area is 140 Å². The summed E-state index contributed by atoms with van der Waals surface area (Å²) in [6.07, 6.45) is 6.92. The molecule has 0 atom stereocenters. The third-order valence-electron chi connectivity index (χ3n) is 3.62. The average molecular weight is 340 g/mol. The number of amides is 2. The molecule has 0 radical (unpaired) electrons. The maximum atomic E-state index is 11.9. The van der Waals surface area contributed by atoms with Crippen LogP contribution in [0.4, 0.5) is 0 Å². The number of hydrogen-bond donors (Lipinski definition) is 2. The lowest BCUT2D eigenvalue weighted by molar-refractivity contribution is -0.139. The number of rotatable bonds is 8. The zero-order valence-corrected chi connectivity index (χ0v) is 13.8. The molecular weight excluding hydrogens is 316 g/mol. The van der Waals surface area contributed by atoms with Crippen molar-refractivity contribution in [1.29, 1.82) is 0 Å². The molecule has 24 heavy (non-hydrogen) atoms. The topological polar surface area (TPSA) is 111 Å². The fraction of sp³-hybridized carbons (Fsp3) is 0.625. The molecule has 0 aromatic carbocycles. The number of nitrogens with one attached hydrogen (secondary N) is 2. The summed E-state index contributed by atoms with van der Waals surface area (Å²) in [5.74, 6) is -1.78. The predicted octanol–water partition coefficient (Wildman–Crippen LogP) is 0.0715. The third kappa shape index (κ3) is 8.30. The largest absolute Gasteiger partial charge is 0.466 e. The van der Waals surface area contributed by atoms with Crippen LogP contribution in [0.2, 0.25) is 0 Å². The van der Waals surface area contributed by atoms with Crippen LogP contribution < -0.4 is 10.6 Å². The molecule has 1 saturated carbocycles. The summed E-state index contributed by atoms with van der Waals surface area (Å²) in [4.78, 5) is 45.4. The molecule has 134 valence electrons. The van der Waals surface area contributed by atoms with E-state index in [0.717, 1.165) is 44.3 Å². The van der Waals surface area contributed by atoms with E-state index in [0.29, 0.717) is 0 Å². The molecule has 8 nitrogen and oxygen atoms in total. The van der Waals surface area contributed by atoms with Crippen LogP contribution in [0.3, 0.4) is 0 Å². The summed E-state index contributed by atoms with van der Waals surface area (Å²) in [6.45, 7) is -0.00584. The minimum absolute atomic E-state index is 0.00843. The Kier molecular flexibility index (Phi) is 9.18. The average Bonchev–Trinajstić information content (AvgIpc) is 2.61. The molecule has 2 amide bonds. The molecule has 1 rings (SSSR count). The van der Waals surface area contributed by atoms with Gasteiger partial charge < -0.3 is 20.1 Å². The van der Waals surface area contributed by atoms with E-state index in [2.05, 4.69) is 15.4 Å². The molecule has 1 fully saturated rings. The van der Waals surface area contributed by atoms with Gasteiger partial charge in [0.05, 0.1) is 20.2 Å². The predicted molar refractivity (Wildman–Crippen MR) is 84.7 cm³/mol. The van der Waals surface area contributed by atoms with Crippen molar-refractivity contribution >= 4 is 23.8 Å². The lowest BCUT2D eigenvalue weighted by atomic mass is 9.89. The van der Waals surface area contributed by atoms with Crippen LogP contribution >= 0.6 is 0 Å². The molecule has 0 spiro atoms. The second-order valence-electron chi connectivity index (χ2n) is 5.43. The van der Waals surface area contributed by atoms with Gasteiger partial charge in [0.1, 0.15) is 6.61 Å². The Morgan fingerprint density at radius 1 is 1.00 bits per heavy atom. The van der Waals surface area contributed by atoms with Gasteiger partial charge in [-0.1, -0.05) is 19.3 Å². The normalized spacial score (nSPS) is 14.9. The highest BCUT2D eigenvalue weighted by Crippen LogP contribution is 2.23. The van der Waals surface area contributed by atoms with Gasteiger partial charge in [-0.05, 0) is 12.8 Å². The van der Waals surface area contributed by atoms with Crippen LogP contribution in [0, 0.1) is 5.92 Å². The van der Waals surface area contributed by atoms with Crippen molar-refractivity contribution in [1.82, 2.24) is 10.6 Å². The number of carbonyl (C=O) groups excluding carboxylic acids is 4.